The number of aromatic amines is 1. The molecule has 0 atom stereocenters. The number of H-pyrrole nitrogens is 1. The number of hydrogen-bond donors (Lipinski definition) is 3. The number of pyridine rings is 1. The molecule has 0 unspecified atom stereocenters. The average Bonchev–Trinajstić information content (AvgIpc) is 2.60. The van der Waals surface area contributed by atoms with E-state index in [0.29, 0.717) is 35.2 Å². The van der Waals surface area contributed by atoms with Crippen LogP contribution in [0.3, 0.4) is 0 Å². The van der Waals surface area contributed by atoms with Crippen molar-refractivity contribution in [3.8, 4) is 17.4 Å². The molecule has 0 bridgehead atoms. The molecule has 0 saturated carbocycles. The molecule has 0 aliphatic carbocycles. The number of aliphatic imine (C=N–C) groups is 1. The standard InChI is InChI=1S/C19H17BrN2O4/c1-2-26-17-6-3-11(7-16(17)23)9-21-10-15-14-8-12(20)4-5-13(14)18(24)22-19(15)25/h3-8,10,23H,2,9H2,1H3,(H2,22,24,25). The quantitative estimate of drug-likeness (QED) is 0.552. The highest BCUT2D eigenvalue weighted by atomic mass is 79.9. The molecule has 3 N–H and O–H groups in total. The number of aromatic nitrogens is 1. The number of halogens is 1. The maximum atomic E-state index is 12.0. The van der Waals surface area contributed by atoms with E-state index in [1.807, 2.05) is 13.0 Å². The molecular weight excluding hydrogens is 400 g/mol. The molecule has 0 fully saturated rings. The van der Waals surface area contributed by atoms with Gasteiger partial charge in [-0.05, 0) is 42.8 Å². The van der Waals surface area contributed by atoms with E-state index in [2.05, 4.69) is 25.9 Å². The lowest BCUT2D eigenvalue weighted by atomic mass is 10.1. The van der Waals surface area contributed by atoms with Crippen LogP contribution in [0.15, 0.2) is 50.7 Å². The Kier molecular flexibility index (Phi) is 5.27. The summed E-state index contributed by atoms with van der Waals surface area (Å²) in [4.78, 5) is 18.7. The minimum Gasteiger partial charge on any atom is -0.504 e. The van der Waals surface area contributed by atoms with Gasteiger partial charge in [-0.1, -0.05) is 22.0 Å². The van der Waals surface area contributed by atoms with Crippen LogP contribution in [0.4, 0.5) is 0 Å². The Hall–Kier alpha value is -2.80. The molecule has 1 heterocycles. The van der Waals surface area contributed by atoms with Crippen LogP contribution in [-0.4, -0.2) is 28.0 Å². The topological polar surface area (TPSA) is 94.9 Å². The van der Waals surface area contributed by atoms with Crippen LogP contribution in [0.5, 0.6) is 17.4 Å². The third kappa shape index (κ3) is 3.72. The first kappa shape index (κ1) is 18.0. The van der Waals surface area contributed by atoms with Crippen molar-refractivity contribution in [3.63, 3.8) is 0 Å². The summed E-state index contributed by atoms with van der Waals surface area (Å²) in [5.74, 6) is 0.245. The van der Waals surface area contributed by atoms with Gasteiger partial charge in [-0.2, -0.15) is 0 Å². The smallest absolute Gasteiger partial charge is 0.258 e. The predicted molar refractivity (Wildman–Crippen MR) is 105 cm³/mol. The van der Waals surface area contributed by atoms with Gasteiger partial charge in [0.2, 0.25) is 5.88 Å². The lowest BCUT2D eigenvalue weighted by Gasteiger charge is -2.07. The van der Waals surface area contributed by atoms with Crippen molar-refractivity contribution in [3.05, 3.63) is 62.4 Å². The fraction of sp³-hybridized carbons (Fsp3) is 0.158. The largest absolute Gasteiger partial charge is 0.504 e. The van der Waals surface area contributed by atoms with E-state index in [0.717, 1.165) is 10.0 Å². The first-order valence-electron chi connectivity index (χ1n) is 7.98. The Morgan fingerprint density at radius 1 is 1.19 bits per heavy atom. The zero-order valence-corrected chi connectivity index (χ0v) is 15.6. The number of rotatable bonds is 5. The van der Waals surface area contributed by atoms with Crippen molar-refractivity contribution >= 4 is 32.9 Å². The van der Waals surface area contributed by atoms with Crippen LogP contribution < -0.4 is 10.3 Å². The molecule has 134 valence electrons. The zero-order valence-electron chi connectivity index (χ0n) is 14.0. The van der Waals surface area contributed by atoms with Crippen LogP contribution in [0.25, 0.3) is 10.8 Å². The minimum absolute atomic E-state index is 0.0563. The number of fused-ring (bicyclic) bond motifs is 1. The maximum absolute atomic E-state index is 12.0. The Labute approximate surface area is 157 Å². The molecule has 2 aromatic carbocycles. The Balaban J connectivity index is 1.90. The van der Waals surface area contributed by atoms with Crippen molar-refractivity contribution < 1.29 is 14.9 Å². The number of hydrogen-bond acceptors (Lipinski definition) is 5. The number of ether oxygens (including phenoxy) is 1. The molecule has 7 heteroatoms. The Morgan fingerprint density at radius 3 is 2.73 bits per heavy atom. The fourth-order valence-corrected chi connectivity index (χ4v) is 2.98. The van der Waals surface area contributed by atoms with E-state index in [1.165, 1.54) is 6.21 Å². The van der Waals surface area contributed by atoms with Crippen LogP contribution in [0.1, 0.15) is 18.1 Å². The molecule has 0 radical (unpaired) electrons. The lowest BCUT2D eigenvalue weighted by molar-refractivity contribution is 0.318. The van der Waals surface area contributed by atoms with Crippen LogP contribution in [0, 0.1) is 0 Å². The monoisotopic (exact) mass is 416 g/mol. The fourth-order valence-electron chi connectivity index (χ4n) is 2.62. The van der Waals surface area contributed by atoms with Gasteiger partial charge in [0.15, 0.2) is 11.5 Å². The number of nitrogens with zero attached hydrogens (tertiary/aromatic N) is 1. The maximum Gasteiger partial charge on any atom is 0.258 e. The van der Waals surface area contributed by atoms with Crippen LogP contribution in [-0.2, 0) is 6.54 Å². The lowest BCUT2D eigenvalue weighted by Crippen LogP contribution is -2.08. The van der Waals surface area contributed by atoms with E-state index < -0.39 is 0 Å². The summed E-state index contributed by atoms with van der Waals surface area (Å²) in [7, 11) is 0. The predicted octanol–water partition coefficient (Wildman–Crippen LogP) is 3.72. The van der Waals surface area contributed by atoms with Gasteiger partial charge >= 0.3 is 0 Å². The molecule has 0 amide bonds. The first-order chi connectivity index (χ1) is 12.5. The number of benzene rings is 2. The van der Waals surface area contributed by atoms with Gasteiger partial charge in [-0.3, -0.25) is 14.8 Å². The Bertz CT molecular complexity index is 1040. The summed E-state index contributed by atoms with van der Waals surface area (Å²) in [5.41, 5.74) is 0.853. The van der Waals surface area contributed by atoms with Crippen molar-refractivity contribution in [2.75, 3.05) is 6.61 Å². The van der Waals surface area contributed by atoms with Gasteiger partial charge in [-0.15, -0.1) is 0 Å². The summed E-state index contributed by atoms with van der Waals surface area (Å²) in [5, 5.41) is 21.1. The molecule has 6 nitrogen and oxygen atoms in total. The number of phenolic OH excluding ortho intramolecular Hbond substituents is 1. The third-order valence-corrected chi connectivity index (χ3v) is 4.31. The molecular formula is C19H17BrN2O4. The van der Waals surface area contributed by atoms with Crippen molar-refractivity contribution in [2.24, 2.45) is 4.99 Å². The number of aromatic hydroxyl groups is 2. The summed E-state index contributed by atoms with van der Waals surface area (Å²) >= 11 is 3.37. The van der Waals surface area contributed by atoms with Crippen molar-refractivity contribution in [1.29, 1.82) is 0 Å². The molecule has 1 aromatic heterocycles. The summed E-state index contributed by atoms with van der Waals surface area (Å²) in [6.07, 6.45) is 1.51. The molecule has 0 aliphatic rings. The van der Waals surface area contributed by atoms with Gasteiger partial charge in [0.1, 0.15) is 0 Å². The van der Waals surface area contributed by atoms with Crippen molar-refractivity contribution in [2.45, 2.75) is 13.5 Å². The van der Waals surface area contributed by atoms with Gasteiger partial charge in [0, 0.05) is 21.5 Å². The van der Waals surface area contributed by atoms with E-state index in [4.69, 9.17) is 4.74 Å². The van der Waals surface area contributed by atoms with Gasteiger partial charge < -0.3 is 14.9 Å². The van der Waals surface area contributed by atoms with E-state index in [1.54, 1.807) is 30.3 Å². The highest BCUT2D eigenvalue weighted by Gasteiger charge is 2.10. The molecule has 0 spiro atoms. The van der Waals surface area contributed by atoms with Crippen molar-refractivity contribution in [1.82, 2.24) is 4.98 Å². The van der Waals surface area contributed by atoms with Crippen LogP contribution >= 0.6 is 15.9 Å². The average molecular weight is 417 g/mol. The van der Waals surface area contributed by atoms with Gasteiger partial charge in [0.05, 0.1) is 18.7 Å². The van der Waals surface area contributed by atoms with E-state index in [9.17, 15) is 15.0 Å². The number of nitrogens with one attached hydrogen (secondary N) is 1. The summed E-state index contributed by atoms with van der Waals surface area (Å²) < 4.78 is 6.08. The van der Waals surface area contributed by atoms with Gasteiger partial charge in [-0.25, -0.2) is 0 Å². The SMILES string of the molecule is CCOc1ccc(CN=Cc2c(O)[nH]c(=O)c3ccc(Br)cc23)cc1O. The third-order valence-electron chi connectivity index (χ3n) is 3.82. The number of phenols is 1. The highest BCUT2D eigenvalue weighted by molar-refractivity contribution is 9.10. The van der Waals surface area contributed by atoms with Crippen LogP contribution in [0.2, 0.25) is 0 Å². The van der Waals surface area contributed by atoms with E-state index in [-0.39, 0.29) is 17.2 Å². The molecule has 0 aliphatic heterocycles. The molecule has 0 saturated heterocycles. The van der Waals surface area contributed by atoms with Gasteiger partial charge in [0.25, 0.3) is 5.56 Å². The normalized spacial score (nSPS) is 11.3. The molecule has 3 aromatic rings. The second-order valence-corrected chi connectivity index (χ2v) is 6.53. The second-order valence-electron chi connectivity index (χ2n) is 5.61. The second kappa shape index (κ2) is 7.61. The van der Waals surface area contributed by atoms with E-state index >= 15 is 0 Å². The summed E-state index contributed by atoms with van der Waals surface area (Å²) in [6, 6.07) is 10.3. The Morgan fingerprint density at radius 2 is 2.00 bits per heavy atom. The molecule has 26 heavy (non-hydrogen) atoms. The summed E-state index contributed by atoms with van der Waals surface area (Å²) in [6.45, 7) is 2.62. The minimum atomic E-state index is -0.362. The highest BCUT2D eigenvalue weighted by Crippen LogP contribution is 2.27. The zero-order chi connectivity index (χ0) is 18.7. The first-order valence-corrected chi connectivity index (χ1v) is 8.78. The molecule has 3 rings (SSSR count).